The molecule has 4 heteroatoms. The highest BCUT2D eigenvalue weighted by atomic mass is 16.2. The Bertz CT molecular complexity index is 1070. The Hall–Kier alpha value is -3.40. The first-order valence-electron chi connectivity index (χ1n) is 9.60. The fourth-order valence-electron chi connectivity index (χ4n) is 4.21. The highest BCUT2D eigenvalue weighted by Crippen LogP contribution is 2.41. The quantitative estimate of drug-likeness (QED) is 0.599. The van der Waals surface area contributed by atoms with Crippen LogP contribution in [0.1, 0.15) is 29.2 Å². The summed E-state index contributed by atoms with van der Waals surface area (Å²) in [7, 11) is 0. The van der Waals surface area contributed by atoms with E-state index in [9.17, 15) is 4.79 Å². The number of fused-ring (bicyclic) bond motifs is 3. The molecule has 0 spiro atoms. The summed E-state index contributed by atoms with van der Waals surface area (Å²) < 4.78 is 0. The summed E-state index contributed by atoms with van der Waals surface area (Å²) in [5.41, 5.74) is 6.89. The van der Waals surface area contributed by atoms with Crippen molar-refractivity contribution in [3.63, 3.8) is 0 Å². The number of para-hydroxylation sites is 1. The average Bonchev–Trinajstić information content (AvgIpc) is 3.23. The Labute approximate surface area is 164 Å². The summed E-state index contributed by atoms with van der Waals surface area (Å²) in [5.74, 6) is 0. The van der Waals surface area contributed by atoms with E-state index in [-0.39, 0.29) is 12.1 Å². The topological polar surface area (TPSA) is 35.9 Å². The molecule has 0 aliphatic carbocycles. The minimum Gasteiger partial charge on any atom is -0.288 e. The molecule has 0 saturated heterocycles. The van der Waals surface area contributed by atoms with Gasteiger partial charge in [-0.05, 0) is 35.2 Å². The van der Waals surface area contributed by atoms with Crippen molar-refractivity contribution in [1.82, 2.24) is 5.01 Å². The maximum absolute atomic E-state index is 13.2. The van der Waals surface area contributed by atoms with Gasteiger partial charge in [0.2, 0.25) is 0 Å². The molecule has 0 saturated carbocycles. The van der Waals surface area contributed by atoms with E-state index < -0.39 is 0 Å². The van der Waals surface area contributed by atoms with Crippen LogP contribution in [0.2, 0.25) is 0 Å². The van der Waals surface area contributed by atoms with Crippen LogP contribution in [0.3, 0.4) is 0 Å². The number of rotatable bonds is 3. The summed E-state index contributed by atoms with van der Waals surface area (Å²) in [6.45, 7) is 2.66. The summed E-state index contributed by atoms with van der Waals surface area (Å²) in [6, 6.07) is 24.8. The van der Waals surface area contributed by atoms with Crippen molar-refractivity contribution in [2.75, 3.05) is 4.90 Å². The van der Waals surface area contributed by atoms with Crippen molar-refractivity contribution >= 4 is 17.9 Å². The smallest absolute Gasteiger partial charge is 0.288 e. The van der Waals surface area contributed by atoms with Crippen molar-refractivity contribution in [3.05, 3.63) is 89.5 Å². The van der Waals surface area contributed by atoms with E-state index in [0.29, 0.717) is 6.54 Å². The molecule has 3 aromatic carbocycles. The van der Waals surface area contributed by atoms with E-state index >= 15 is 0 Å². The minimum absolute atomic E-state index is 0.0247. The van der Waals surface area contributed by atoms with Gasteiger partial charge < -0.3 is 0 Å². The second-order valence-electron chi connectivity index (χ2n) is 7.28. The third-order valence-electron chi connectivity index (χ3n) is 5.70. The summed E-state index contributed by atoms with van der Waals surface area (Å²) >= 11 is 0. The molecule has 0 fully saturated rings. The molecule has 5 rings (SSSR count). The van der Waals surface area contributed by atoms with Gasteiger partial charge in [-0.25, -0.2) is 9.80 Å². The molecule has 3 aromatic rings. The molecular formula is C24H21N3O. The number of nitrogens with zero attached hydrogens (tertiary/aromatic N) is 3. The van der Waals surface area contributed by atoms with Gasteiger partial charge in [0.25, 0.3) is 0 Å². The normalized spacial score (nSPS) is 17.6. The van der Waals surface area contributed by atoms with Gasteiger partial charge in [-0.2, -0.15) is 5.10 Å². The standard InChI is InChI=1S/C24H21N3O/c1-17-19(10-7-12-20(17)18-8-3-2-4-9-18)16-26-22-13-6-5-11-21(22)23-14-15-25-27(23)24(26)28/h2-13,15,23H,14,16H2,1H3. The van der Waals surface area contributed by atoms with Gasteiger partial charge in [0, 0.05) is 18.2 Å². The zero-order chi connectivity index (χ0) is 19.1. The summed E-state index contributed by atoms with van der Waals surface area (Å²) in [6.07, 6.45) is 2.61. The van der Waals surface area contributed by atoms with Crippen molar-refractivity contribution < 1.29 is 4.79 Å². The highest BCUT2D eigenvalue weighted by molar-refractivity contribution is 5.97. The van der Waals surface area contributed by atoms with Crippen LogP contribution in [-0.4, -0.2) is 17.3 Å². The SMILES string of the molecule is Cc1c(CN2C(=O)N3N=CCC3c3ccccc32)cccc1-c1ccccc1. The van der Waals surface area contributed by atoms with Gasteiger partial charge in [-0.1, -0.05) is 66.7 Å². The summed E-state index contributed by atoms with van der Waals surface area (Å²) in [4.78, 5) is 15.0. The molecule has 0 bridgehead atoms. The zero-order valence-corrected chi connectivity index (χ0v) is 15.7. The number of anilines is 1. The molecule has 28 heavy (non-hydrogen) atoms. The van der Waals surface area contributed by atoms with Crippen LogP contribution in [0.15, 0.2) is 77.9 Å². The van der Waals surface area contributed by atoms with Crippen molar-refractivity contribution in [3.8, 4) is 11.1 Å². The van der Waals surface area contributed by atoms with Gasteiger partial charge in [0.15, 0.2) is 0 Å². The Balaban J connectivity index is 1.55. The maximum Gasteiger partial charge on any atom is 0.345 e. The van der Waals surface area contributed by atoms with Crippen molar-refractivity contribution in [2.45, 2.75) is 25.9 Å². The first kappa shape index (κ1) is 16.8. The molecule has 2 aliphatic rings. The van der Waals surface area contributed by atoms with E-state index in [1.807, 2.05) is 35.4 Å². The lowest BCUT2D eigenvalue weighted by molar-refractivity contribution is 0.188. The van der Waals surface area contributed by atoms with Crippen LogP contribution in [-0.2, 0) is 6.54 Å². The van der Waals surface area contributed by atoms with Gasteiger partial charge in [0.1, 0.15) is 0 Å². The Morgan fingerprint density at radius 2 is 1.75 bits per heavy atom. The third kappa shape index (κ3) is 2.61. The first-order valence-corrected chi connectivity index (χ1v) is 9.60. The van der Waals surface area contributed by atoms with Crippen LogP contribution < -0.4 is 4.90 Å². The number of benzene rings is 3. The van der Waals surface area contributed by atoms with Crippen molar-refractivity contribution in [2.24, 2.45) is 5.10 Å². The Morgan fingerprint density at radius 1 is 0.964 bits per heavy atom. The molecular weight excluding hydrogens is 346 g/mol. The zero-order valence-electron chi connectivity index (χ0n) is 15.7. The second-order valence-corrected chi connectivity index (χ2v) is 7.28. The lowest BCUT2D eigenvalue weighted by Gasteiger charge is -2.37. The number of hydrogen-bond donors (Lipinski definition) is 0. The number of amides is 2. The number of hydrogen-bond acceptors (Lipinski definition) is 2. The van der Waals surface area contributed by atoms with Gasteiger partial charge in [0.05, 0.1) is 18.3 Å². The first-order chi connectivity index (χ1) is 13.7. The highest BCUT2D eigenvalue weighted by Gasteiger charge is 2.39. The number of hydrazone groups is 1. The average molecular weight is 367 g/mol. The van der Waals surface area contributed by atoms with Crippen LogP contribution in [0.4, 0.5) is 10.5 Å². The predicted octanol–water partition coefficient (Wildman–Crippen LogP) is 5.53. The molecule has 4 nitrogen and oxygen atoms in total. The molecule has 2 heterocycles. The Morgan fingerprint density at radius 3 is 2.61 bits per heavy atom. The number of urea groups is 1. The van der Waals surface area contributed by atoms with Crippen LogP contribution in [0.25, 0.3) is 11.1 Å². The second kappa shape index (κ2) is 6.64. The fourth-order valence-corrected chi connectivity index (χ4v) is 4.21. The molecule has 1 unspecified atom stereocenters. The minimum atomic E-state index is -0.0537. The predicted molar refractivity (Wildman–Crippen MR) is 112 cm³/mol. The van der Waals surface area contributed by atoms with Gasteiger partial charge in [-0.3, -0.25) is 4.90 Å². The maximum atomic E-state index is 13.2. The largest absolute Gasteiger partial charge is 0.345 e. The molecule has 138 valence electrons. The lowest BCUT2D eigenvalue weighted by Crippen LogP contribution is -2.45. The third-order valence-corrected chi connectivity index (χ3v) is 5.70. The van der Waals surface area contributed by atoms with E-state index in [1.165, 1.54) is 16.7 Å². The summed E-state index contributed by atoms with van der Waals surface area (Å²) in [5, 5.41) is 5.96. The van der Waals surface area contributed by atoms with Gasteiger partial charge in [-0.15, -0.1) is 0 Å². The number of carbonyl (C=O) groups is 1. The monoisotopic (exact) mass is 367 g/mol. The Kier molecular flexibility index (Phi) is 3.97. The lowest BCUT2D eigenvalue weighted by atomic mass is 9.95. The van der Waals surface area contributed by atoms with Crippen molar-refractivity contribution in [1.29, 1.82) is 0 Å². The van der Waals surface area contributed by atoms with E-state index in [4.69, 9.17) is 0 Å². The fraction of sp³-hybridized carbons (Fsp3) is 0.167. The van der Waals surface area contributed by atoms with Crippen LogP contribution >= 0.6 is 0 Å². The van der Waals surface area contributed by atoms with Crippen LogP contribution in [0.5, 0.6) is 0 Å². The molecule has 0 radical (unpaired) electrons. The van der Waals surface area contributed by atoms with Crippen LogP contribution in [0, 0.1) is 6.92 Å². The van der Waals surface area contributed by atoms with Gasteiger partial charge >= 0.3 is 6.03 Å². The number of carbonyl (C=O) groups excluding carboxylic acids is 1. The van der Waals surface area contributed by atoms with E-state index in [2.05, 4.69) is 60.6 Å². The molecule has 0 aromatic heterocycles. The molecule has 2 amide bonds. The molecule has 2 aliphatic heterocycles. The molecule has 0 N–H and O–H groups in total. The van der Waals surface area contributed by atoms with E-state index in [0.717, 1.165) is 23.2 Å². The molecule has 1 atom stereocenters. The van der Waals surface area contributed by atoms with E-state index in [1.54, 1.807) is 5.01 Å².